The van der Waals surface area contributed by atoms with Crippen LogP contribution in [-0.4, -0.2) is 40.3 Å². The van der Waals surface area contributed by atoms with E-state index in [1.165, 1.54) is 30.3 Å². The van der Waals surface area contributed by atoms with Crippen molar-refractivity contribution < 1.29 is 24.9 Å². The van der Waals surface area contributed by atoms with E-state index >= 15 is 0 Å². The number of hydrogen-bond acceptors (Lipinski definition) is 4. The molecule has 0 saturated carbocycles. The molecular weight excluding hydrogens is 381 g/mol. The maximum absolute atomic E-state index is 12.4. The number of phenols is 1. The van der Waals surface area contributed by atoms with Crippen molar-refractivity contribution in [3.05, 3.63) is 65.2 Å². The molecule has 0 atom stereocenters. The van der Waals surface area contributed by atoms with Gasteiger partial charge in [-0.1, -0.05) is 0 Å². The molecule has 0 aromatic heterocycles. The van der Waals surface area contributed by atoms with Crippen molar-refractivity contribution in [1.82, 2.24) is 0 Å². The summed E-state index contributed by atoms with van der Waals surface area (Å²) in [5, 5.41) is 29.0. The van der Waals surface area contributed by atoms with Crippen molar-refractivity contribution in [3.63, 3.8) is 0 Å². The van der Waals surface area contributed by atoms with Crippen molar-refractivity contribution >= 4 is 35.2 Å². The van der Waals surface area contributed by atoms with Crippen LogP contribution < -0.4 is 4.40 Å². The number of allylic oxidation sites excluding steroid dienone is 1. The molecule has 0 aliphatic carbocycles. The minimum absolute atomic E-state index is 0.0880. The number of hydrogen-bond donors (Lipinski definition) is 3. The van der Waals surface area contributed by atoms with Crippen LogP contribution >= 0.6 is 0 Å². The molecule has 6 heteroatoms. The Morgan fingerprint density at radius 2 is 1.48 bits per heavy atom. The van der Waals surface area contributed by atoms with Crippen molar-refractivity contribution in [2.45, 2.75) is 17.3 Å². The van der Waals surface area contributed by atoms with Gasteiger partial charge in [-0.3, -0.25) is 0 Å². The predicted octanol–water partition coefficient (Wildman–Crippen LogP) is 3.42. The quantitative estimate of drug-likeness (QED) is 0.309. The van der Waals surface area contributed by atoms with Crippen molar-refractivity contribution in [2.75, 3.05) is 0 Å². The Labute approximate surface area is 148 Å². The molecule has 0 spiro atoms. The van der Waals surface area contributed by atoms with Crippen LogP contribution in [0.3, 0.4) is 0 Å². The van der Waals surface area contributed by atoms with Crippen LogP contribution in [0.25, 0.3) is 5.76 Å². The van der Waals surface area contributed by atoms with Crippen molar-refractivity contribution in [1.29, 1.82) is 0 Å². The average Bonchev–Trinajstić information content (AvgIpc) is 2.54. The third-order valence-electron chi connectivity index (χ3n) is 3.82. The number of aliphatic hydroxyl groups excluding tert-OH is 1. The molecule has 2 aromatic rings. The molecule has 0 radical (unpaired) electrons. The standard InChI is InChI=1S/C19H20GeO5/c1-20(2,3)14-8-9-16(21)15(10-14)18(23)11-17(22)12-4-6-13(7-5-12)19(24)25/h4-11,21-22H,1-3H3,(H,24,25). The number of aromatic carboxylic acids is 1. The van der Waals surface area contributed by atoms with E-state index in [0.29, 0.717) is 5.56 Å². The van der Waals surface area contributed by atoms with Crippen LogP contribution in [0.1, 0.15) is 26.3 Å². The third-order valence-corrected chi connectivity index (χ3v) is 8.11. The van der Waals surface area contributed by atoms with Crippen LogP contribution in [0.2, 0.25) is 17.3 Å². The van der Waals surface area contributed by atoms with Crippen LogP contribution in [-0.2, 0) is 0 Å². The van der Waals surface area contributed by atoms with E-state index in [1.54, 1.807) is 6.07 Å². The Hall–Kier alpha value is -2.54. The fourth-order valence-corrected chi connectivity index (χ4v) is 4.70. The predicted molar refractivity (Wildman–Crippen MR) is 99.4 cm³/mol. The van der Waals surface area contributed by atoms with Crippen LogP contribution in [0.5, 0.6) is 5.75 Å². The molecular formula is C19H20GeO5. The number of carbonyl (C=O) groups is 2. The van der Waals surface area contributed by atoms with Crippen molar-refractivity contribution in [2.24, 2.45) is 0 Å². The molecule has 0 aliphatic heterocycles. The van der Waals surface area contributed by atoms with Gasteiger partial charge in [0.2, 0.25) is 0 Å². The first kappa shape index (κ1) is 18.8. The van der Waals surface area contributed by atoms with E-state index in [4.69, 9.17) is 5.11 Å². The number of rotatable bonds is 5. The number of ketones is 1. The van der Waals surface area contributed by atoms with Gasteiger partial charge < -0.3 is 0 Å². The summed E-state index contributed by atoms with van der Waals surface area (Å²) in [5.41, 5.74) is 0.555. The number of aromatic hydroxyl groups is 1. The Bertz CT molecular complexity index is 845. The SMILES string of the molecule is [CH3][Ge]([CH3])([CH3])[c]1ccc(O)c(C(=O)C=C(O)c2ccc(C(=O)O)cc2)c1. The molecule has 0 heterocycles. The molecule has 0 fully saturated rings. The summed E-state index contributed by atoms with van der Waals surface area (Å²) in [4.78, 5) is 23.3. The topological polar surface area (TPSA) is 94.8 Å². The van der Waals surface area contributed by atoms with Crippen LogP contribution in [0.15, 0.2) is 48.5 Å². The number of benzene rings is 2. The molecule has 0 unspecified atom stereocenters. The molecule has 3 N–H and O–H groups in total. The van der Waals surface area contributed by atoms with Crippen LogP contribution in [0.4, 0.5) is 0 Å². The van der Waals surface area contributed by atoms with Gasteiger partial charge in [0.1, 0.15) is 0 Å². The zero-order valence-electron chi connectivity index (χ0n) is 14.3. The molecule has 130 valence electrons. The minimum atomic E-state index is -2.17. The van der Waals surface area contributed by atoms with Gasteiger partial charge >= 0.3 is 148 Å². The zero-order valence-corrected chi connectivity index (χ0v) is 16.4. The molecule has 5 nitrogen and oxygen atoms in total. The van der Waals surface area contributed by atoms with E-state index in [9.17, 15) is 19.8 Å². The summed E-state index contributed by atoms with van der Waals surface area (Å²) >= 11 is -2.17. The second kappa shape index (κ2) is 7.15. The van der Waals surface area contributed by atoms with Gasteiger partial charge in [-0.05, 0) is 0 Å². The molecule has 25 heavy (non-hydrogen) atoms. The Balaban J connectivity index is 2.34. The van der Waals surface area contributed by atoms with E-state index in [-0.39, 0.29) is 22.6 Å². The number of carbonyl (C=O) groups excluding carboxylic acids is 1. The fourth-order valence-electron chi connectivity index (χ4n) is 2.27. The number of phenolic OH excluding ortho intramolecular Hbond substituents is 1. The first-order chi connectivity index (χ1) is 11.6. The van der Waals surface area contributed by atoms with Gasteiger partial charge in [0.25, 0.3) is 0 Å². The van der Waals surface area contributed by atoms with Gasteiger partial charge in [-0.2, -0.15) is 0 Å². The molecule has 0 saturated heterocycles. The molecule has 0 bridgehead atoms. The summed E-state index contributed by atoms with van der Waals surface area (Å²) in [5.74, 6) is 4.54. The normalized spacial score (nSPS) is 12.0. The van der Waals surface area contributed by atoms with Crippen molar-refractivity contribution in [3.8, 4) is 5.75 Å². The summed E-state index contributed by atoms with van der Waals surface area (Å²) in [6.45, 7) is 0. The first-order valence-electron chi connectivity index (χ1n) is 7.72. The second-order valence-electron chi connectivity index (χ2n) is 6.76. The fraction of sp³-hybridized carbons (Fsp3) is 0.158. The number of carboxylic acids is 1. The maximum atomic E-state index is 12.4. The summed E-state index contributed by atoms with van der Waals surface area (Å²) in [6.07, 6.45) is 1.03. The Kier molecular flexibility index (Phi) is 5.37. The first-order valence-corrected chi connectivity index (χ1v) is 15.1. The molecule has 2 rings (SSSR count). The zero-order chi connectivity index (χ0) is 18.8. The Morgan fingerprint density at radius 1 is 0.920 bits per heavy atom. The number of aliphatic hydroxyl groups is 1. The van der Waals surface area contributed by atoms with E-state index in [1.807, 2.05) is 6.07 Å². The van der Waals surface area contributed by atoms with Gasteiger partial charge in [-0.25, -0.2) is 0 Å². The van der Waals surface area contributed by atoms with Gasteiger partial charge in [0, 0.05) is 0 Å². The van der Waals surface area contributed by atoms with Gasteiger partial charge in [-0.15, -0.1) is 0 Å². The summed E-state index contributed by atoms with van der Waals surface area (Å²) < 4.78 is 1.07. The van der Waals surface area contributed by atoms with E-state index in [0.717, 1.165) is 10.5 Å². The summed E-state index contributed by atoms with van der Waals surface area (Å²) in [7, 11) is 0. The monoisotopic (exact) mass is 402 g/mol. The van der Waals surface area contributed by atoms with Gasteiger partial charge in [0.15, 0.2) is 0 Å². The van der Waals surface area contributed by atoms with E-state index < -0.39 is 25.0 Å². The Morgan fingerprint density at radius 3 is 2.00 bits per heavy atom. The van der Waals surface area contributed by atoms with Gasteiger partial charge in [0.05, 0.1) is 0 Å². The average molecular weight is 401 g/mol. The number of carboxylic acid groups (broad SMARTS) is 1. The second-order valence-corrected chi connectivity index (χ2v) is 17.4. The molecule has 0 aliphatic rings. The molecule has 0 amide bonds. The third kappa shape index (κ3) is 4.51. The molecule has 2 aromatic carbocycles. The van der Waals surface area contributed by atoms with E-state index in [2.05, 4.69) is 17.3 Å². The summed E-state index contributed by atoms with van der Waals surface area (Å²) in [6, 6.07) is 10.6. The van der Waals surface area contributed by atoms with Crippen LogP contribution in [0, 0.1) is 0 Å².